The summed E-state index contributed by atoms with van der Waals surface area (Å²) >= 11 is 0. The highest BCUT2D eigenvalue weighted by Gasteiger charge is 2.30. The number of fused-ring (bicyclic) bond motifs is 1. The van der Waals surface area contributed by atoms with E-state index in [9.17, 15) is 14.7 Å². The summed E-state index contributed by atoms with van der Waals surface area (Å²) in [4.78, 5) is 24.3. The van der Waals surface area contributed by atoms with Crippen LogP contribution in [-0.2, 0) is 11.2 Å². The van der Waals surface area contributed by atoms with Gasteiger partial charge in [0.1, 0.15) is 11.3 Å². The van der Waals surface area contributed by atoms with E-state index in [1.165, 1.54) is 13.8 Å². The van der Waals surface area contributed by atoms with Crippen LogP contribution in [0.1, 0.15) is 36.2 Å². The van der Waals surface area contributed by atoms with Gasteiger partial charge in [-0.3, -0.25) is 4.79 Å². The molecular formula is C24H25NO4. The molecule has 3 aromatic rings. The molecule has 150 valence electrons. The first-order valence-electron chi connectivity index (χ1n) is 9.63. The van der Waals surface area contributed by atoms with Crippen molar-refractivity contribution in [1.29, 1.82) is 0 Å². The molecule has 5 nitrogen and oxygen atoms in total. The fourth-order valence-corrected chi connectivity index (χ4v) is 3.18. The maximum atomic E-state index is 12.9. The van der Waals surface area contributed by atoms with Gasteiger partial charge in [0, 0.05) is 5.56 Å². The minimum Gasteiger partial charge on any atom is -0.494 e. The zero-order valence-electron chi connectivity index (χ0n) is 16.6. The van der Waals surface area contributed by atoms with E-state index in [0.29, 0.717) is 18.6 Å². The fraction of sp³-hybridized carbons (Fsp3) is 0.250. The number of nitrogens with one attached hydrogen (secondary N) is 1. The van der Waals surface area contributed by atoms with Crippen molar-refractivity contribution < 1.29 is 19.4 Å². The van der Waals surface area contributed by atoms with Crippen LogP contribution in [0.5, 0.6) is 5.75 Å². The van der Waals surface area contributed by atoms with Crippen LogP contribution in [0.3, 0.4) is 0 Å². The Morgan fingerprint density at radius 2 is 1.66 bits per heavy atom. The second-order valence-corrected chi connectivity index (χ2v) is 7.46. The molecule has 0 saturated carbocycles. The van der Waals surface area contributed by atoms with Crippen molar-refractivity contribution >= 4 is 22.6 Å². The lowest BCUT2D eigenvalue weighted by atomic mass is 9.94. The molecule has 0 atom stereocenters. The lowest BCUT2D eigenvalue weighted by molar-refractivity contribution is -0.143. The molecule has 0 aliphatic heterocycles. The number of aryl methyl sites for hydroxylation is 1. The summed E-state index contributed by atoms with van der Waals surface area (Å²) in [6.45, 7) is 3.47. The predicted molar refractivity (Wildman–Crippen MR) is 113 cm³/mol. The summed E-state index contributed by atoms with van der Waals surface area (Å²) in [5, 5.41) is 14.0. The molecule has 0 aliphatic rings. The van der Waals surface area contributed by atoms with E-state index in [0.717, 1.165) is 28.5 Å². The highest BCUT2D eigenvalue weighted by Crippen LogP contribution is 2.25. The Labute approximate surface area is 170 Å². The number of amides is 1. The van der Waals surface area contributed by atoms with E-state index < -0.39 is 11.5 Å². The van der Waals surface area contributed by atoms with Crippen LogP contribution in [0.15, 0.2) is 66.7 Å². The first-order valence-corrected chi connectivity index (χ1v) is 9.63. The molecule has 0 aliphatic carbocycles. The minimum absolute atomic E-state index is 0.387. The van der Waals surface area contributed by atoms with Crippen LogP contribution < -0.4 is 10.1 Å². The molecule has 0 aromatic heterocycles. The van der Waals surface area contributed by atoms with Crippen molar-refractivity contribution in [3.05, 3.63) is 77.9 Å². The molecule has 0 saturated heterocycles. The lowest BCUT2D eigenvalue weighted by Gasteiger charge is -2.22. The van der Waals surface area contributed by atoms with Gasteiger partial charge in [0.05, 0.1) is 6.61 Å². The van der Waals surface area contributed by atoms with E-state index >= 15 is 0 Å². The second-order valence-electron chi connectivity index (χ2n) is 7.46. The normalized spacial score (nSPS) is 11.2. The number of ether oxygens (including phenoxy) is 1. The van der Waals surface area contributed by atoms with Crippen LogP contribution >= 0.6 is 0 Å². The van der Waals surface area contributed by atoms with Crippen molar-refractivity contribution in [2.45, 2.75) is 32.2 Å². The Kier molecular flexibility index (Phi) is 6.17. The first-order chi connectivity index (χ1) is 13.9. The molecule has 3 rings (SSSR count). The van der Waals surface area contributed by atoms with Gasteiger partial charge >= 0.3 is 5.97 Å². The van der Waals surface area contributed by atoms with Crippen molar-refractivity contribution in [3.63, 3.8) is 0 Å². The molecule has 1 amide bonds. The third kappa shape index (κ3) is 4.93. The number of hydrogen-bond donors (Lipinski definition) is 2. The van der Waals surface area contributed by atoms with Crippen LogP contribution in [0.25, 0.3) is 10.8 Å². The van der Waals surface area contributed by atoms with Crippen LogP contribution in [0, 0.1) is 0 Å². The van der Waals surface area contributed by atoms with Gasteiger partial charge in [-0.25, -0.2) is 4.79 Å². The largest absolute Gasteiger partial charge is 0.494 e. The van der Waals surface area contributed by atoms with Crippen LogP contribution in [-0.4, -0.2) is 29.1 Å². The second kappa shape index (κ2) is 8.78. The Morgan fingerprint density at radius 3 is 2.38 bits per heavy atom. The highest BCUT2D eigenvalue weighted by atomic mass is 16.5. The minimum atomic E-state index is -1.35. The average Bonchev–Trinajstić information content (AvgIpc) is 2.71. The van der Waals surface area contributed by atoms with Gasteiger partial charge in [-0.15, -0.1) is 0 Å². The van der Waals surface area contributed by atoms with Crippen molar-refractivity contribution in [2.24, 2.45) is 0 Å². The maximum Gasteiger partial charge on any atom is 0.328 e. The topological polar surface area (TPSA) is 75.6 Å². The van der Waals surface area contributed by atoms with Gasteiger partial charge < -0.3 is 15.2 Å². The molecule has 0 spiro atoms. The SMILES string of the molecule is CC(C)(NC(=O)c1ccc2ccccc2c1CCCOc1ccccc1)C(=O)O. The Hall–Kier alpha value is -3.34. The summed E-state index contributed by atoms with van der Waals surface area (Å²) in [6, 6.07) is 21.1. The predicted octanol–water partition coefficient (Wildman–Crippen LogP) is 4.44. The molecule has 2 N–H and O–H groups in total. The smallest absolute Gasteiger partial charge is 0.328 e. The Bertz CT molecular complexity index is 1010. The quantitative estimate of drug-likeness (QED) is 0.557. The summed E-state index contributed by atoms with van der Waals surface area (Å²) in [7, 11) is 0. The number of aliphatic carboxylic acids is 1. The molecule has 0 unspecified atom stereocenters. The van der Waals surface area contributed by atoms with Crippen molar-refractivity contribution in [1.82, 2.24) is 5.32 Å². The van der Waals surface area contributed by atoms with E-state index in [4.69, 9.17) is 4.74 Å². The number of rotatable bonds is 8. The maximum absolute atomic E-state index is 12.9. The molecule has 0 heterocycles. The Balaban J connectivity index is 1.82. The zero-order chi connectivity index (χ0) is 20.9. The number of para-hydroxylation sites is 1. The summed E-state index contributed by atoms with van der Waals surface area (Å²) in [6.07, 6.45) is 1.37. The average molecular weight is 391 g/mol. The number of carbonyl (C=O) groups is 2. The van der Waals surface area contributed by atoms with E-state index in [2.05, 4.69) is 5.32 Å². The van der Waals surface area contributed by atoms with E-state index in [-0.39, 0.29) is 5.91 Å². The number of carboxylic acids is 1. The van der Waals surface area contributed by atoms with Gasteiger partial charge in [-0.2, -0.15) is 0 Å². The molecule has 0 fully saturated rings. The van der Waals surface area contributed by atoms with E-state index in [1.807, 2.05) is 60.7 Å². The number of benzene rings is 3. The molecule has 5 heteroatoms. The summed E-state index contributed by atoms with van der Waals surface area (Å²) in [5.74, 6) is -0.654. The summed E-state index contributed by atoms with van der Waals surface area (Å²) < 4.78 is 5.77. The number of carboxylic acid groups (broad SMARTS) is 1. The van der Waals surface area contributed by atoms with Gasteiger partial charge in [0.25, 0.3) is 5.91 Å². The molecular weight excluding hydrogens is 366 g/mol. The molecule has 0 radical (unpaired) electrons. The molecule has 0 bridgehead atoms. The highest BCUT2D eigenvalue weighted by molar-refractivity contribution is 6.03. The molecule has 3 aromatic carbocycles. The Morgan fingerprint density at radius 1 is 0.966 bits per heavy atom. The first kappa shape index (κ1) is 20.4. The van der Waals surface area contributed by atoms with Gasteiger partial charge in [-0.1, -0.05) is 48.5 Å². The number of carbonyl (C=O) groups excluding carboxylic acids is 1. The third-order valence-electron chi connectivity index (χ3n) is 4.83. The standard InChI is InChI=1S/C24H25NO4/c1-24(2,23(27)28)25-22(26)21-15-14-17-9-6-7-12-19(17)20(21)13-8-16-29-18-10-4-3-5-11-18/h3-7,9-12,14-15H,8,13,16H2,1-2H3,(H,25,26)(H,27,28). The molecule has 29 heavy (non-hydrogen) atoms. The lowest BCUT2D eigenvalue weighted by Crippen LogP contribution is -2.49. The van der Waals surface area contributed by atoms with Gasteiger partial charge in [-0.05, 0) is 61.2 Å². The van der Waals surface area contributed by atoms with Crippen molar-refractivity contribution in [2.75, 3.05) is 6.61 Å². The van der Waals surface area contributed by atoms with Crippen LogP contribution in [0.4, 0.5) is 0 Å². The summed E-state index contributed by atoms with van der Waals surface area (Å²) in [5.41, 5.74) is 0.0485. The monoisotopic (exact) mass is 391 g/mol. The van der Waals surface area contributed by atoms with E-state index in [1.54, 1.807) is 6.07 Å². The van der Waals surface area contributed by atoms with Crippen LogP contribution in [0.2, 0.25) is 0 Å². The fourth-order valence-electron chi connectivity index (χ4n) is 3.18. The van der Waals surface area contributed by atoms with Crippen molar-refractivity contribution in [3.8, 4) is 5.75 Å². The number of hydrogen-bond acceptors (Lipinski definition) is 3. The zero-order valence-corrected chi connectivity index (χ0v) is 16.6. The third-order valence-corrected chi connectivity index (χ3v) is 4.83. The van der Waals surface area contributed by atoms with Gasteiger partial charge in [0.15, 0.2) is 0 Å². The van der Waals surface area contributed by atoms with Gasteiger partial charge in [0.2, 0.25) is 0 Å².